The fourth-order valence-electron chi connectivity index (χ4n) is 1.29. The van der Waals surface area contributed by atoms with Crippen LogP contribution in [0.1, 0.15) is 37.5 Å². The number of aliphatic hydroxyl groups is 1. The molecule has 1 rings (SSSR count). The fourth-order valence-corrected chi connectivity index (χ4v) is 1.29. The molecule has 1 aromatic carbocycles. The molecule has 72 valence electrons. The quantitative estimate of drug-likeness (QED) is 0.762. The van der Waals surface area contributed by atoms with Crippen LogP contribution in [0.15, 0.2) is 18.2 Å². The SMILES string of the molecule is CCc1ccc(F)c(C(O)CC)c1. The molecule has 0 fully saturated rings. The molecule has 0 heterocycles. The van der Waals surface area contributed by atoms with Gasteiger partial charge in [0.15, 0.2) is 0 Å². The first-order valence-corrected chi connectivity index (χ1v) is 4.65. The van der Waals surface area contributed by atoms with Gasteiger partial charge < -0.3 is 5.11 Å². The summed E-state index contributed by atoms with van der Waals surface area (Å²) in [7, 11) is 0. The van der Waals surface area contributed by atoms with Crippen molar-refractivity contribution in [2.24, 2.45) is 0 Å². The molecule has 0 aliphatic heterocycles. The van der Waals surface area contributed by atoms with E-state index < -0.39 is 6.10 Å². The van der Waals surface area contributed by atoms with E-state index in [1.54, 1.807) is 12.1 Å². The van der Waals surface area contributed by atoms with E-state index in [2.05, 4.69) is 0 Å². The molecule has 0 aliphatic rings. The van der Waals surface area contributed by atoms with Gasteiger partial charge in [0.2, 0.25) is 0 Å². The van der Waals surface area contributed by atoms with E-state index in [9.17, 15) is 9.50 Å². The number of benzene rings is 1. The molecule has 0 saturated heterocycles. The molecule has 1 unspecified atom stereocenters. The zero-order chi connectivity index (χ0) is 9.84. The maximum Gasteiger partial charge on any atom is 0.129 e. The summed E-state index contributed by atoms with van der Waals surface area (Å²) < 4.78 is 13.2. The van der Waals surface area contributed by atoms with Crippen LogP contribution in [0.3, 0.4) is 0 Å². The average molecular weight is 182 g/mol. The zero-order valence-electron chi connectivity index (χ0n) is 8.05. The van der Waals surface area contributed by atoms with Crippen molar-refractivity contribution in [2.45, 2.75) is 32.8 Å². The minimum Gasteiger partial charge on any atom is -0.388 e. The maximum atomic E-state index is 13.2. The molecule has 2 heteroatoms. The van der Waals surface area contributed by atoms with E-state index in [1.165, 1.54) is 6.07 Å². The van der Waals surface area contributed by atoms with Gasteiger partial charge in [-0.05, 0) is 24.5 Å². The van der Waals surface area contributed by atoms with Crippen molar-refractivity contribution in [2.75, 3.05) is 0 Å². The van der Waals surface area contributed by atoms with Gasteiger partial charge in [0.25, 0.3) is 0 Å². The van der Waals surface area contributed by atoms with Crippen LogP contribution in [0.25, 0.3) is 0 Å². The number of aliphatic hydroxyl groups excluding tert-OH is 1. The van der Waals surface area contributed by atoms with Gasteiger partial charge in [0, 0.05) is 5.56 Å². The highest BCUT2D eigenvalue weighted by molar-refractivity contribution is 5.26. The van der Waals surface area contributed by atoms with Gasteiger partial charge >= 0.3 is 0 Å². The van der Waals surface area contributed by atoms with Gasteiger partial charge in [-0.15, -0.1) is 0 Å². The fraction of sp³-hybridized carbons (Fsp3) is 0.455. The van der Waals surface area contributed by atoms with Gasteiger partial charge in [0.1, 0.15) is 5.82 Å². The number of halogens is 1. The zero-order valence-corrected chi connectivity index (χ0v) is 8.05. The second-order valence-corrected chi connectivity index (χ2v) is 3.13. The molecule has 13 heavy (non-hydrogen) atoms. The second-order valence-electron chi connectivity index (χ2n) is 3.13. The van der Waals surface area contributed by atoms with Crippen LogP contribution >= 0.6 is 0 Å². The van der Waals surface area contributed by atoms with Crippen LogP contribution in [0.5, 0.6) is 0 Å². The molecule has 1 aromatic rings. The van der Waals surface area contributed by atoms with Gasteiger partial charge in [-0.1, -0.05) is 26.0 Å². The Morgan fingerprint density at radius 3 is 2.62 bits per heavy atom. The van der Waals surface area contributed by atoms with Crippen LogP contribution in [-0.2, 0) is 6.42 Å². The van der Waals surface area contributed by atoms with E-state index in [0.29, 0.717) is 12.0 Å². The number of rotatable bonds is 3. The third kappa shape index (κ3) is 2.28. The van der Waals surface area contributed by atoms with Crippen molar-refractivity contribution < 1.29 is 9.50 Å². The lowest BCUT2D eigenvalue weighted by atomic mass is 10.0. The minimum atomic E-state index is -0.675. The molecule has 0 amide bonds. The molecule has 1 N–H and O–H groups in total. The van der Waals surface area contributed by atoms with Crippen molar-refractivity contribution in [3.05, 3.63) is 35.1 Å². The largest absolute Gasteiger partial charge is 0.388 e. The maximum absolute atomic E-state index is 13.2. The summed E-state index contributed by atoms with van der Waals surface area (Å²) in [5, 5.41) is 9.49. The highest BCUT2D eigenvalue weighted by Crippen LogP contribution is 2.21. The summed E-state index contributed by atoms with van der Waals surface area (Å²) in [5.41, 5.74) is 1.48. The monoisotopic (exact) mass is 182 g/mol. The summed E-state index contributed by atoms with van der Waals surface area (Å²) >= 11 is 0. The van der Waals surface area contributed by atoms with Crippen molar-refractivity contribution >= 4 is 0 Å². The first kappa shape index (κ1) is 10.2. The Balaban J connectivity index is 3.03. The smallest absolute Gasteiger partial charge is 0.129 e. The number of hydrogen-bond donors (Lipinski definition) is 1. The average Bonchev–Trinajstić information content (AvgIpc) is 2.17. The Kier molecular flexibility index (Phi) is 3.43. The van der Waals surface area contributed by atoms with E-state index >= 15 is 0 Å². The molecular weight excluding hydrogens is 167 g/mol. The van der Waals surface area contributed by atoms with Gasteiger partial charge in [-0.25, -0.2) is 4.39 Å². The van der Waals surface area contributed by atoms with Crippen molar-refractivity contribution in [3.8, 4) is 0 Å². The van der Waals surface area contributed by atoms with Crippen LogP contribution in [-0.4, -0.2) is 5.11 Å². The van der Waals surface area contributed by atoms with E-state index in [-0.39, 0.29) is 5.82 Å². The topological polar surface area (TPSA) is 20.2 Å². The summed E-state index contributed by atoms with van der Waals surface area (Å²) in [6.45, 7) is 3.85. The Hall–Kier alpha value is -0.890. The molecule has 1 nitrogen and oxygen atoms in total. The van der Waals surface area contributed by atoms with E-state index in [1.807, 2.05) is 13.8 Å². The van der Waals surface area contributed by atoms with Gasteiger partial charge in [-0.3, -0.25) is 0 Å². The van der Waals surface area contributed by atoms with Crippen molar-refractivity contribution in [1.82, 2.24) is 0 Å². The number of aryl methyl sites for hydroxylation is 1. The molecule has 0 saturated carbocycles. The summed E-state index contributed by atoms with van der Waals surface area (Å²) in [6.07, 6.45) is 0.736. The predicted octanol–water partition coefficient (Wildman–Crippen LogP) is 2.83. The molecule has 0 aromatic heterocycles. The van der Waals surface area contributed by atoms with Gasteiger partial charge in [0.05, 0.1) is 6.10 Å². The Labute approximate surface area is 78.2 Å². The Morgan fingerprint density at radius 1 is 1.38 bits per heavy atom. The van der Waals surface area contributed by atoms with Crippen molar-refractivity contribution in [3.63, 3.8) is 0 Å². The first-order valence-electron chi connectivity index (χ1n) is 4.65. The Morgan fingerprint density at radius 2 is 2.08 bits per heavy atom. The van der Waals surface area contributed by atoms with Crippen LogP contribution in [0.4, 0.5) is 4.39 Å². The first-order chi connectivity index (χ1) is 6.19. The minimum absolute atomic E-state index is 0.313. The molecule has 0 spiro atoms. The lowest BCUT2D eigenvalue weighted by Crippen LogP contribution is -2.00. The van der Waals surface area contributed by atoms with Crippen LogP contribution < -0.4 is 0 Å². The predicted molar refractivity (Wildman–Crippen MR) is 51.0 cm³/mol. The lowest BCUT2D eigenvalue weighted by molar-refractivity contribution is 0.169. The molecule has 1 atom stereocenters. The highest BCUT2D eigenvalue weighted by Gasteiger charge is 2.10. The summed E-state index contributed by atoms with van der Waals surface area (Å²) in [6, 6.07) is 4.91. The normalized spacial score (nSPS) is 12.9. The van der Waals surface area contributed by atoms with Crippen LogP contribution in [0.2, 0.25) is 0 Å². The highest BCUT2D eigenvalue weighted by atomic mass is 19.1. The van der Waals surface area contributed by atoms with E-state index in [4.69, 9.17) is 0 Å². The number of hydrogen-bond acceptors (Lipinski definition) is 1. The molecular formula is C11H15FO. The third-order valence-electron chi connectivity index (χ3n) is 2.21. The van der Waals surface area contributed by atoms with E-state index in [0.717, 1.165) is 12.0 Å². The standard InChI is InChI=1S/C11H15FO/c1-3-8-5-6-10(12)9(7-8)11(13)4-2/h5-7,11,13H,3-4H2,1-2H3. The summed E-state index contributed by atoms with van der Waals surface area (Å²) in [5.74, 6) is -0.313. The molecule has 0 aliphatic carbocycles. The second kappa shape index (κ2) is 4.38. The third-order valence-corrected chi connectivity index (χ3v) is 2.21. The molecule has 0 bridgehead atoms. The molecule has 0 radical (unpaired) electrons. The lowest BCUT2D eigenvalue weighted by Gasteiger charge is -2.10. The van der Waals surface area contributed by atoms with Gasteiger partial charge in [-0.2, -0.15) is 0 Å². The Bertz CT molecular complexity index is 283. The van der Waals surface area contributed by atoms with Crippen LogP contribution in [0, 0.1) is 5.82 Å². The van der Waals surface area contributed by atoms with Crippen molar-refractivity contribution in [1.29, 1.82) is 0 Å². The summed E-state index contributed by atoms with van der Waals surface area (Å²) in [4.78, 5) is 0.